The van der Waals surface area contributed by atoms with Crippen molar-refractivity contribution in [2.75, 3.05) is 27.9 Å². The van der Waals surface area contributed by atoms with Crippen LogP contribution in [0.4, 0.5) is 5.69 Å². The Hall–Kier alpha value is -3.09. The molecule has 0 aliphatic carbocycles. The molecule has 0 atom stereocenters. The molecule has 0 radical (unpaired) electrons. The maximum absolute atomic E-state index is 11.5. The number of benzene rings is 2. The molecule has 0 aromatic heterocycles. The van der Waals surface area contributed by atoms with Crippen LogP contribution in [0.5, 0.6) is 17.2 Å². The van der Waals surface area contributed by atoms with Crippen LogP contribution in [0.3, 0.4) is 0 Å². The minimum atomic E-state index is -0.410. The minimum absolute atomic E-state index is 0.0119. The molecule has 7 nitrogen and oxygen atoms in total. The Kier molecular flexibility index (Phi) is 4.56. The van der Waals surface area contributed by atoms with Gasteiger partial charge in [0.15, 0.2) is 11.5 Å². The first-order valence-electron chi connectivity index (χ1n) is 7.71. The van der Waals surface area contributed by atoms with E-state index in [0.29, 0.717) is 35.1 Å². The quantitative estimate of drug-likeness (QED) is 0.616. The summed E-state index contributed by atoms with van der Waals surface area (Å²) in [5.41, 5.74) is 2.80. The minimum Gasteiger partial charge on any atom is -0.497 e. The third-order valence-electron chi connectivity index (χ3n) is 4.17. The fourth-order valence-electron chi connectivity index (χ4n) is 2.94. The van der Waals surface area contributed by atoms with Crippen LogP contribution >= 0.6 is 0 Å². The third-order valence-corrected chi connectivity index (χ3v) is 4.17. The highest BCUT2D eigenvalue weighted by molar-refractivity contribution is 6.17. The summed E-state index contributed by atoms with van der Waals surface area (Å²) in [6, 6.07) is 8.36. The largest absolute Gasteiger partial charge is 0.497 e. The molecule has 1 aliphatic heterocycles. The van der Waals surface area contributed by atoms with Crippen molar-refractivity contribution in [3.63, 3.8) is 0 Å². The van der Waals surface area contributed by atoms with Gasteiger partial charge in [-0.15, -0.1) is 0 Å². The van der Waals surface area contributed by atoms with Gasteiger partial charge in [-0.2, -0.15) is 0 Å². The van der Waals surface area contributed by atoms with Crippen LogP contribution in [-0.4, -0.2) is 38.5 Å². The van der Waals surface area contributed by atoms with Gasteiger partial charge in [-0.05, 0) is 36.2 Å². The number of nitro benzene ring substituents is 1. The van der Waals surface area contributed by atoms with E-state index in [1.165, 1.54) is 13.2 Å². The first-order valence-corrected chi connectivity index (χ1v) is 7.71. The summed E-state index contributed by atoms with van der Waals surface area (Å²) < 4.78 is 15.9. The van der Waals surface area contributed by atoms with Crippen molar-refractivity contribution < 1.29 is 19.1 Å². The van der Waals surface area contributed by atoms with Crippen molar-refractivity contribution in [2.24, 2.45) is 4.99 Å². The Balaban J connectivity index is 2.21. The second-order valence-electron chi connectivity index (χ2n) is 5.48. The Bertz CT molecular complexity index is 861. The van der Waals surface area contributed by atoms with Crippen LogP contribution in [0.1, 0.15) is 16.7 Å². The molecule has 2 aromatic rings. The van der Waals surface area contributed by atoms with Gasteiger partial charge in [-0.25, -0.2) is 0 Å². The highest BCUT2D eigenvalue weighted by atomic mass is 16.6. The highest BCUT2D eigenvalue weighted by Gasteiger charge is 2.25. The van der Waals surface area contributed by atoms with Crippen LogP contribution in [-0.2, 0) is 6.42 Å². The predicted molar refractivity (Wildman–Crippen MR) is 93.4 cm³/mol. The molecule has 25 heavy (non-hydrogen) atoms. The second kappa shape index (κ2) is 6.80. The van der Waals surface area contributed by atoms with Gasteiger partial charge < -0.3 is 14.2 Å². The molecule has 0 amide bonds. The molecular weight excluding hydrogens is 324 g/mol. The first-order chi connectivity index (χ1) is 12.1. The average molecular weight is 342 g/mol. The molecule has 0 spiro atoms. The summed E-state index contributed by atoms with van der Waals surface area (Å²) in [5, 5.41) is 11.5. The topological polar surface area (TPSA) is 83.2 Å². The number of rotatable bonds is 5. The third kappa shape index (κ3) is 3.00. The van der Waals surface area contributed by atoms with Gasteiger partial charge in [0.05, 0.1) is 37.5 Å². The summed E-state index contributed by atoms with van der Waals surface area (Å²) in [7, 11) is 4.66. The van der Waals surface area contributed by atoms with E-state index in [0.717, 1.165) is 17.5 Å². The number of hydrogen-bond donors (Lipinski definition) is 0. The zero-order valence-electron chi connectivity index (χ0n) is 14.2. The van der Waals surface area contributed by atoms with E-state index < -0.39 is 4.92 Å². The zero-order chi connectivity index (χ0) is 18.0. The van der Waals surface area contributed by atoms with Gasteiger partial charge in [0.25, 0.3) is 5.69 Å². The number of nitrogens with zero attached hydrogens (tertiary/aromatic N) is 2. The fraction of sp³-hybridized carbons (Fsp3) is 0.278. The smallest absolute Gasteiger partial charge is 0.279 e. The Morgan fingerprint density at radius 3 is 2.36 bits per heavy atom. The summed E-state index contributed by atoms with van der Waals surface area (Å²) in [5.74, 6) is 1.72. The van der Waals surface area contributed by atoms with Crippen molar-refractivity contribution in [1.29, 1.82) is 0 Å². The molecular formula is C18H18N2O5. The van der Waals surface area contributed by atoms with Gasteiger partial charge in [-0.1, -0.05) is 0 Å². The fourth-order valence-corrected chi connectivity index (χ4v) is 2.94. The lowest BCUT2D eigenvalue weighted by Crippen LogP contribution is -2.16. The second-order valence-corrected chi connectivity index (χ2v) is 5.48. The zero-order valence-corrected chi connectivity index (χ0v) is 14.2. The lowest BCUT2D eigenvalue weighted by molar-refractivity contribution is -0.385. The average Bonchev–Trinajstić information content (AvgIpc) is 2.65. The first kappa shape index (κ1) is 16.8. The monoisotopic (exact) mass is 342 g/mol. The Morgan fingerprint density at radius 1 is 1.00 bits per heavy atom. The molecule has 0 fully saturated rings. The SMILES string of the molecule is COc1ccc([N+](=O)[O-])c(C2=NCCc3cc(OC)c(OC)cc32)c1. The van der Waals surface area contributed by atoms with E-state index in [2.05, 4.69) is 4.99 Å². The molecule has 0 saturated heterocycles. The van der Waals surface area contributed by atoms with Gasteiger partial charge in [0.1, 0.15) is 5.75 Å². The number of nitro groups is 1. The molecule has 0 bridgehead atoms. The Labute approximate surface area is 145 Å². The molecule has 1 aliphatic rings. The van der Waals surface area contributed by atoms with Crippen LogP contribution in [0.2, 0.25) is 0 Å². The number of aliphatic imine (C=N–C) groups is 1. The highest BCUT2D eigenvalue weighted by Crippen LogP contribution is 2.35. The lowest BCUT2D eigenvalue weighted by atomic mass is 9.92. The maximum Gasteiger partial charge on any atom is 0.279 e. The van der Waals surface area contributed by atoms with Crippen molar-refractivity contribution >= 4 is 11.4 Å². The van der Waals surface area contributed by atoms with Crippen molar-refractivity contribution in [3.05, 3.63) is 57.1 Å². The summed E-state index contributed by atoms with van der Waals surface area (Å²) in [6.45, 7) is 0.548. The predicted octanol–water partition coefficient (Wildman–Crippen LogP) is 3.01. The van der Waals surface area contributed by atoms with Crippen LogP contribution in [0.25, 0.3) is 0 Å². The molecule has 0 unspecified atom stereocenters. The molecule has 1 heterocycles. The number of hydrogen-bond acceptors (Lipinski definition) is 6. The van der Waals surface area contributed by atoms with E-state index in [9.17, 15) is 10.1 Å². The molecule has 7 heteroatoms. The van der Waals surface area contributed by atoms with Crippen molar-refractivity contribution in [2.45, 2.75) is 6.42 Å². The summed E-state index contributed by atoms with van der Waals surface area (Å²) in [4.78, 5) is 15.6. The molecule has 130 valence electrons. The van der Waals surface area contributed by atoms with Crippen LogP contribution < -0.4 is 14.2 Å². The summed E-state index contributed by atoms with van der Waals surface area (Å²) >= 11 is 0. The summed E-state index contributed by atoms with van der Waals surface area (Å²) in [6.07, 6.45) is 0.733. The van der Waals surface area contributed by atoms with E-state index >= 15 is 0 Å². The van der Waals surface area contributed by atoms with E-state index in [4.69, 9.17) is 14.2 Å². The van der Waals surface area contributed by atoms with Gasteiger partial charge >= 0.3 is 0 Å². The molecule has 0 N–H and O–H groups in total. The van der Waals surface area contributed by atoms with E-state index in [-0.39, 0.29) is 5.69 Å². The van der Waals surface area contributed by atoms with E-state index in [1.54, 1.807) is 26.4 Å². The van der Waals surface area contributed by atoms with Crippen molar-refractivity contribution in [3.8, 4) is 17.2 Å². The standard InChI is InChI=1S/C18H18N2O5/c1-23-12-4-5-15(20(21)22)14(9-12)18-13-10-17(25-3)16(24-2)8-11(13)6-7-19-18/h4-5,8-10H,6-7H2,1-3H3. The molecule has 0 saturated carbocycles. The van der Waals surface area contributed by atoms with Crippen LogP contribution in [0.15, 0.2) is 35.3 Å². The number of ether oxygens (including phenoxy) is 3. The van der Waals surface area contributed by atoms with Gasteiger partial charge in [-0.3, -0.25) is 15.1 Å². The van der Waals surface area contributed by atoms with Crippen molar-refractivity contribution in [1.82, 2.24) is 0 Å². The maximum atomic E-state index is 11.5. The number of methoxy groups -OCH3 is 3. The normalized spacial score (nSPS) is 12.8. The molecule has 2 aromatic carbocycles. The lowest BCUT2D eigenvalue weighted by Gasteiger charge is -2.20. The van der Waals surface area contributed by atoms with Gasteiger partial charge in [0.2, 0.25) is 0 Å². The molecule has 3 rings (SSSR count). The van der Waals surface area contributed by atoms with E-state index in [1.807, 2.05) is 12.1 Å². The number of fused-ring (bicyclic) bond motifs is 1. The van der Waals surface area contributed by atoms with Crippen LogP contribution in [0, 0.1) is 10.1 Å². The van der Waals surface area contributed by atoms with Gasteiger partial charge in [0, 0.05) is 18.2 Å². The Morgan fingerprint density at radius 2 is 1.72 bits per heavy atom.